The number of tetrazole rings is 1. The second-order valence-electron chi connectivity index (χ2n) is 2.65. The topological polar surface area (TPSA) is 80.6 Å². The molecule has 0 bridgehead atoms. The standard InChI is InChI=1S/C7H5N4O2S2.Na/c12-15(13)6-3-1-5(2-4-6)11-7(14)8-9-10-11;/h1-4H,(H,8,10,14);/q-1;+1. The zero-order valence-electron chi connectivity index (χ0n) is 8.28. The number of aromatic amines is 1. The van der Waals surface area contributed by atoms with Crippen molar-refractivity contribution in [2.75, 3.05) is 0 Å². The van der Waals surface area contributed by atoms with Crippen molar-refractivity contribution in [2.24, 2.45) is 0 Å². The van der Waals surface area contributed by atoms with Gasteiger partial charge in [-0.05, 0) is 35.1 Å². The fraction of sp³-hybridized carbons (Fsp3) is 0. The van der Waals surface area contributed by atoms with Gasteiger partial charge in [-0.2, -0.15) is 5.21 Å². The van der Waals surface area contributed by atoms with Crippen molar-refractivity contribution in [1.29, 1.82) is 0 Å². The van der Waals surface area contributed by atoms with Crippen LogP contribution in [-0.2, 0) is 19.1 Å². The van der Waals surface area contributed by atoms with E-state index in [4.69, 9.17) is 12.2 Å². The molecule has 1 heterocycles. The van der Waals surface area contributed by atoms with Gasteiger partial charge in [0.1, 0.15) is 0 Å². The maximum absolute atomic E-state index is 10.6. The smallest absolute Gasteiger partial charge is 0.420 e. The Hall–Kier alpha value is -0.540. The molecule has 0 aliphatic heterocycles. The molecule has 6 nitrogen and oxygen atoms in total. The average molecular weight is 264 g/mol. The van der Waals surface area contributed by atoms with Gasteiger partial charge >= 0.3 is 29.6 Å². The maximum Gasteiger partial charge on any atom is 1.00 e. The molecule has 1 N–H and O–H groups in total. The molecule has 0 amide bonds. The summed E-state index contributed by atoms with van der Waals surface area (Å²) in [5, 5.41) is 9.69. The van der Waals surface area contributed by atoms with Gasteiger partial charge in [0.15, 0.2) is 0 Å². The van der Waals surface area contributed by atoms with Crippen LogP contribution in [0.15, 0.2) is 29.2 Å². The monoisotopic (exact) mass is 264 g/mol. The summed E-state index contributed by atoms with van der Waals surface area (Å²) < 4.78 is 23.0. The summed E-state index contributed by atoms with van der Waals surface area (Å²) in [4.78, 5) is 0.220. The normalized spacial score (nSPS) is 10.1. The van der Waals surface area contributed by atoms with E-state index in [1.54, 1.807) is 12.1 Å². The fourth-order valence-electron chi connectivity index (χ4n) is 1.07. The summed E-state index contributed by atoms with van der Waals surface area (Å²) in [6, 6.07) is 6.17. The van der Waals surface area contributed by atoms with Crippen LogP contribution in [0.1, 0.15) is 0 Å². The summed E-state index contributed by atoms with van der Waals surface area (Å²) in [6.45, 7) is 0. The number of H-pyrrole nitrogens is 1. The molecule has 0 fully saturated rings. The molecule has 1 aromatic carbocycles. The molecule has 16 heavy (non-hydrogen) atoms. The average Bonchev–Trinajstić information content (AvgIpc) is 2.65. The maximum atomic E-state index is 10.6. The summed E-state index contributed by atoms with van der Waals surface area (Å²) in [6.07, 6.45) is 0. The third-order valence-electron chi connectivity index (χ3n) is 1.76. The zero-order valence-corrected chi connectivity index (χ0v) is 11.9. The van der Waals surface area contributed by atoms with Crippen LogP contribution in [0, 0.1) is 4.77 Å². The van der Waals surface area contributed by atoms with Gasteiger partial charge in [-0.3, -0.25) is 0 Å². The van der Waals surface area contributed by atoms with Crippen LogP contribution >= 0.6 is 12.2 Å². The van der Waals surface area contributed by atoms with Crippen LogP contribution in [0.4, 0.5) is 0 Å². The Bertz CT molecular complexity index is 593. The summed E-state index contributed by atoms with van der Waals surface area (Å²) >= 11 is 4.89. The first-order valence-corrected chi connectivity index (χ1v) is 5.36. The predicted molar refractivity (Wildman–Crippen MR) is 53.5 cm³/mol. The predicted octanol–water partition coefficient (Wildman–Crippen LogP) is -2.00. The van der Waals surface area contributed by atoms with Gasteiger partial charge in [-0.1, -0.05) is 27.3 Å². The molecule has 0 spiro atoms. The Morgan fingerprint density at radius 1 is 1.25 bits per heavy atom. The van der Waals surface area contributed by atoms with Gasteiger partial charge < -0.3 is 8.42 Å². The van der Waals surface area contributed by atoms with Crippen molar-refractivity contribution in [1.82, 2.24) is 20.2 Å². The van der Waals surface area contributed by atoms with Crippen LogP contribution in [0.3, 0.4) is 0 Å². The number of rotatable bonds is 2. The molecule has 2 aromatic rings. The van der Waals surface area contributed by atoms with Crippen molar-refractivity contribution < 1.29 is 38.0 Å². The quantitative estimate of drug-likeness (QED) is 0.385. The minimum atomic E-state index is -2.22. The third-order valence-corrected chi connectivity index (χ3v) is 2.68. The van der Waals surface area contributed by atoms with Crippen LogP contribution in [0.25, 0.3) is 5.69 Å². The number of nitrogens with zero attached hydrogens (tertiary/aromatic N) is 3. The van der Waals surface area contributed by atoms with Crippen molar-refractivity contribution in [3.05, 3.63) is 29.0 Å². The van der Waals surface area contributed by atoms with Crippen LogP contribution in [0.5, 0.6) is 0 Å². The second-order valence-corrected chi connectivity index (χ2v) is 3.95. The molecule has 1 aromatic heterocycles. The molecule has 0 aliphatic carbocycles. The van der Waals surface area contributed by atoms with E-state index >= 15 is 0 Å². The first kappa shape index (κ1) is 13.5. The van der Waals surface area contributed by atoms with E-state index < -0.39 is 10.7 Å². The third kappa shape index (κ3) is 2.77. The first-order chi connectivity index (χ1) is 7.18. The van der Waals surface area contributed by atoms with E-state index in [-0.39, 0.29) is 39.2 Å². The molecular formula is C7H5N4NaO2S2. The Balaban J connectivity index is 0.00000128. The number of hydrogen-bond acceptors (Lipinski definition) is 6. The largest absolute Gasteiger partial charge is 1.00 e. The van der Waals surface area contributed by atoms with Gasteiger partial charge in [0.25, 0.3) is 0 Å². The zero-order chi connectivity index (χ0) is 10.8. The summed E-state index contributed by atoms with van der Waals surface area (Å²) in [5.74, 6) is 0. The van der Waals surface area contributed by atoms with E-state index in [0.717, 1.165) is 0 Å². The van der Waals surface area contributed by atoms with Crippen molar-refractivity contribution >= 4 is 22.9 Å². The molecule has 9 heteroatoms. The van der Waals surface area contributed by atoms with Crippen molar-refractivity contribution in [3.8, 4) is 5.69 Å². The van der Waals surface area contributed by atoms with Gasteiger partial charge in [-0.15, -0.1) is 0 Å². The molecule has 0 atom stereocenters. The first-order valence-electron chi connectivity index (χ1n) is 3.88. The molecule has 0 radical (unpaired) electrons. The number of hydrogen-bond donors (Lipinski definition) is 1. The van der Waals surface area contributed by atoms with Crippen LogP contribution < -0.4 is 29.6 Å². The van der Waals surface area contributed by atoms with Gasteiger partial charge in [0, 0.05) is 0 Å². The van der Waals surface area contributed by atoms with E-state index in [1.807, 2.05) is 0 Å². The minimum Gasteiger partial charge on any atom is -0.420 e. The number of benzene rings is 1. The molecule has 0 saturated heterocycles. The van der Waals surface area contributed by atoms with Gasteiger partial charge in [-0.25, -0.2) is 4.68 Å². The molecule has 2 rings (SSSR count). The number of nitrogens with one attached hydrogen (secondary N) is 1. The SMILES string of the molecule is O=[S-](=O)c1ccc(-n2[nH]nnc2=S)cc1.[Na+]. The van der Waals surface area contributed by atoms with Crippen LogP contribution in [0.2, 0.25) is 0 Å². The molecule has 0 aliphatic rings. The van der Waals surface area contributed by atoms with Crippen molar-refractivity contribution in [3.63, 3.8) is 0 Å². The Kier molecular flexibility index (Phi) is 4.81. The molecule has 0 saturated carbocycles. The number of aromatic nitrogens is 4. The second kappa shape index (κ2) is 5.69. The van der Waals surface area contributed by atoms with Crippen molar-refractivity contribution in [2.45, 2.75) is 4.90 Å². The fourth-order valence-corrected chi connectivity index (χ4v) is 1.62. The summed E-state index contributed by atoms with van der Waals surface area (Å²) in [5.41, 5.74) is 0.680. The molecule has 78 valence electrons. The van der Waals surface area contributed by atoms with E-state index in [9.17, 15) is 8.42 Å². The molecule has 0 unspecified atom stereocenters. The van der Waals surface area contributed by atoms with Gasteiger partial charge in [0.2, 0.25) is 4.77 Å². The van der Waals surface area contributed by atoms with E-state index in [1.165, 1.54) is 16.8 Å². The molecular weight excluding hydrogens is 259 g/mol. The van der Waals surface area contributed by atoms with E-state index in [0.29, 0.717) is 5.69 Å². The van der Waals surface area contributed by atoms with E-state index in [2.05, 4.69) is 15.5 Å². The minimum absolute atomic E-state index is 0. The van der Waals surface area contributed by atoms with Gasteiger partial charge in [0.05, 0.1) is 5.69 Å². The van der Waals surface area contributed by atoms with Crippen LogP contribution in [-0.4, -0.2) is 20.2 Å². The Labute approximate surface area is 120 Å². The Morgan fingerprint density at radius 3 is 2.31 bits per heavy atom. The Morgan fingerprint density at radius 2 is 1.88 bits per heavy atom. The summed E-state index contributed by atoms with van der Waals surface area (Å²) in [7, 11) is -2.22.